The zero-order valence-electron chi connectivity index (χ0n) is 17.0. The fourth-order valence-electron chi connectivity index (χ4n) is 4.48. The van der Waals surface area contributed by atoms with Crippen LogP contribution in [0.2, 0.25) is 0 Å². The Bertz CT molecular complexity index is 793. The molecule has 28 heavy (non-hydrogen) atoms. The van der Waals surface area contributed by atoms with E-state index >= 15 is 0 Å². The normalized spacial score (nSPS) is 30.6. The highest BCUT2D eigenvalue weighted by molar-refractivity contribution is 5.74. The van der Waals surface area contributed by atoms with Crippen molar-refractivity contribution >= 4 is 11.5 Å². The molecule has 1 N–H and O–H groups in total. The summed E-state index contributed by atoms with van der Waals surface area (Å²) in [5.41, 5.74) is 2.65. The van der Waals surface area contributed by atoms with Gasteiger partial charge in [-0.3, -0.25) is 4.79 Å². The predicted octanol–water partition coefficient (Wildman–Crippen LogP) is 4.43. The van der Waals surface area contributed by atoms with Crippen LogP contribution in [0.5, 0.6) is 0 Å². The summed E-state index contributed by atoms with van der Waals surface area (Å²) in [6, 6.07) is 6.52. The molecule has 0 spiro atoms. The Kier molecular flexibility index (Phi) is 5.78. The van der Waals surface area contributed by atoms with E-state index in [2.05, 4.69) is 20.8 Å². The standard InChI is InChI=1S/C23H29FO4/c1-22(2)14-23(3,27-4)13-19(15-5-7-16(24)8-6-15)20(22)10-9-18-11-17(25)12-21(26)28-18/h5-10,17-18,25H,11-14H2,1-4H3/t17-,18-,23?/m0/s1. The van der Waals surface area contributed by atoms with Crippen LogP contribution < -0.4 is 0 Å². The van der Waals surface area contributed by atoms with Crippen LogP contribution in [-0.4, -0.2) is 36.0 Å². The van der Waals surface area contributed by atoms with E-state index in [1.165, 1.54) is 12.1 Å². The van der Waals surface area contributed by atoms with Crippen LogP contribution in [0.25, 0.3) is 5.57 Å². The number of cyclic esters (lactones) is 1. The Balaban J connectivity index is 2.02. The molecule has 1 aromatic carbocycles. The highest BCUT2D eigenvalue weighted by atomic mass is 19.1. The summed E-state index contributed by atoms with van der Waals surface area (Å²) in [4.78, 5) is 11.6. The molecule has 0 bridgehead atoms. The lowest BCUT2D eigenvalue weighted by Crippen LogP contribution is -2.39. The quantitative estimate of drug-likeness (QED) is 0.776. The van der Waals surface area contributed by atoms with E-state index in [-0.39, 0.29) is 29.2 Å². The minimum Gasteiger partial charge on any atom is -0.458 e. The largest absolute Gasteiger partial charge is 0.458 e. The maximum absolute atomic E-state index is 13.5. The number of hydrogen-bond acceptors (Lipinski definition) is 4. The summed E-state index contributed by atoms with van der Waals surface area (Å²) < 4.78 is 24.6. The Morgan fingerprint density at radius 3 is 2.54 bits per heavy atom. The summed E-state index contributed by atoms with van der Waals surface area (Å²) in [6.07, 6.45) is 4.73. The van der Waals surface area contributed by atoms with Crippen LogP contribution in [0.1, 0.15) is 52.0 Å². The third-order valence-electron chi connectivity index (χ3n) is 5.77. The molecule has 5 heteroatoms. The number of carbonyl (C=O) groups is 1. The predicted molar refractivity (Wildman–Crippen MR) is 106 cm³/mol. The number of halogens is 1. The first kappa shape index (κ1) is 20.7. The molecule has 0 saturated carbocycles. The number of rotatable bonds is 4. The average Bonchev–Trinajstić information content (AvgIpc) is 2.59. The first-order valence-electron chi connectivity index (χ1n) is 9.72. The van der Waals surface area contributed by atoms with Crippen LogP contribution in [-0.2, 0) is 14.3 Å². The number of aliphatic hydroxyl groups is 1. The van der Waals surface area contributed by atoms with Crippen LogP contribution in [0.15, 0.2) is 42.0 Å². The van der Waals surface area contributed by atoms with Gasteiger partial charge in [0.1, 0.15) is 11.9 Å². The highest BCUT2D eigenvalue weighted by Gasteiger charge is 2.41. The average molecular weight is 388 g/mol. The maximum atomic E-state index is 13.5. The molecule has 1 fully saturated rings. The van der Waals surface area contributed by atoms with Gasteiger partial charge in [0.2, 0.25) is 0 Å². The Hall–Kier alpha value is -1.98. The van der Waals surface area contributed by atoms with Gasteiger partial charge < -0.3 is 14.6 Å². The second kappa shape index (κ2) is 7.80. The first-order chi connectivity index (χ1) is 13.1. The molecular formula is C23H29FO4. The van der Waals surface area contributed by atoms with Crippen LogP contribution in [0, 0.1) is 11.2 Å². The van der Waals surface area contributed by atoms with Crippen LogP contribution in [0.3, 0.4) is 0 Å². The number of hydrogen-bond donors (Lipinski definition) is 1. The summed E-state index contributed by atoms with van der Waals surface area (Å²) in [7, 11) is 1.72. The van der Waals surface area contributed by atoms with Gasteiger partial charge in [0.15, 0.2) is 0 Å². The number of methoxy groups -OCH3 is 1. The molecule has 1 aliphatic carbocycles. The molecule has 4 nitrogen and oxygen atoms in total. The lowest BCUT2D eigenvalue weighted by Gasteiger charge is -2.44. The molecule has 0 aromatic heterocycles. The molecule has 1 heterocycles. The SMILES string of the molecule is COC1(C)CC(c2ccc(F)cc2)=C(C=C[C@H]2C[C@H](O)CC(=O)O2)C(C)(C)C1. The van der Waals surface area contributed by atoms with Crippen molar-refractivity contribution in [3.05, 3.63) is 53.4 Å². The third kappa shape index (κ3) is 4.53. The zero-order valence-corrected chi connectivity index (χ0v) is 17.0. The fraction of sp³-hybridized carbons (Fsp3) is 0.522. The van der Waals surface area contributed by atoms with Gasteiger partial charge in [-0.05, 0) is 53.7 Å². The van der Waals surface area contributed by atoms with Crippen LogP contribution in [0.4, 0.5) is 4.39 Å². The first-order valence-corrected chi connectivity index (χ1v) is 9.72. The lowest BCUT2D eigenvalue weighted by atomic mass is 9.65. The van der Waals surface area contributed by atoms with E-state index < -0.39 is 12.2 Å². The number of allylic oxidation sites excluding steroid dienone is 2. The topological polar surface area (TPSA) is 55.8 Å². The van der Waals surface area contributed by atoms with Gasteiger partial charge in [0.25, 0.3) is 0 Å². The second-order valence-corrected chi connectivity index (χ2v) is 8.77. The van der Waals surface area contributed by atoms with E-state index in [1.54, 1.807) is 19.2 Å². The van der Waals surface area contributed by atoms with E-state index in [0.717, 1.165) is 23.1 Å². The van der Waals surface area contributed by atoms with Crippen molar-refractivity contribution in [1.82, 2.24) is 0 Å². The molecule has 0 amide bonds. The molecule has 0 radical (unpaired) electrons. The van der Waals surface area contributed by atoms with Gasteiger partial charge in [-0.2, -0.15) is 0 Å². The maximum Gasteiger partial charge on any atom is 0.309 e. The molecule has 3 atom stereocenters. The van der Waals surface area contributed by atoms with Gasteiger partial charge in [-0.1, -0.05) is 32.1 Å². The highest BCUT2D eigenvalue weighted by Crippen LogP contribution is 2.49. The summed E-state index contributed by atoms with van der Waals surface area (Å²) in [5.74, 6) is -0.648. The fourth-order valence-corrected chi connectivity index (χ4v) is 4.48. The number of ether oxygens (including phenoxy) is 2. The Labute approximate surface area is 166 Å². The zero-order chi connectivity index (χ0) is 20.5. The molecule has 1 unspecified atom stereocenters. The van der Waals surface area contributed by atoms with E-state index in [1.807, 2.05) is 12.2 Å². The van der Waals surface area contributed by atoms with Crippen molar-refractivity contribution in [2.24, 2.45) is 5.41 Å². The van der Waals surface area contributed by atoms with E-state index in [4.69, 9.17) is 9.47 Å². The van der Waals surface area contributed by atoms with Crippen molar-refractivity contribution in [2.45, 2.75) is 64.3 Å². The minimum absolute atomic E-state index is 0.0472. The van der Waals surface area contributed by atoms with Crippen LogP contribution >= 0.6 is 0 Å². The van der Waals surface area contributed by atoms with Gasteiger partial charge in [-0.15, -0.1) is 0 Å². The Morgan fingerprint density at radius 2 is 1.93 bits per heavy atom. The molecule has 1 aliphatic heterocycles. The molecule has 152 valence electrons. The monoisotopic (exact) mass is 388 g/mol. The van der Waals surface area contributed by atoms with Gasteiger partial charge in [0.05, 0.1) is 18.1 Å². The minimum atomic E-state index is -0.669. The second-order valence-electron chi connectivity index (χ2n) is 8.77. The van der Waals surface area contributed by atoms with Gasteiger partial charge in [-0.25, -0.2) is 4.39 Å². The molecule has 1 aromatic rings. The third-order valence-corrected chi connectivity index (χ3v) is 5.77. The molecule has 2 aliphatic rings. The summed E-state index contributed by atoms with van der Waals surface area (Å²) in [6.45, 7) is 6.42. The summed E-state index contributed by atoms with van der Waals surface area (Å²) in [5, 5.41) is 9.85. The molecular weight excluding hydrogens is 359 g/mol. The van der Waals surface area contributed by atoms with Crippen molar-refractivity contribution < 1.29 is 23.8 Å². The van der Waals surface area contributed by atoms with Crippen molar-refractivity contribution in [2.75, 3.05) is 7.11 Å². The number of aliphatic hydroxyl groups excluding tert-OH is 1. The molecule has 1 saturated heterocycles. The van der Waals surface area contributed by atoms with Crippen molar-refractivity contribution in [3.8, 4) is 0 Å². The Morgan fingerprint density at radius 1 is 1.25 bits per heavy atom. The molecule has 3 rings (SSSR count). The van der Waals surface area contributed by atoms with E-state index in [0.29, 0.717) is 12.8 Å². The van der Waals surface area contributed by atoms with Crippen molar-refractivity contribution in [1.29, 1.82) is 0 Å². The van der Waals surface area contributed by atoms with Crippen molar-refractivity contribution in [3.63, 3.8) is 0 Å². The number of esters is 1. The van der Waals surface area contributed by atoms with E-state index in [9.17, 15) is 14.3 Å². The number of benzene rings is 1. The van der Waals surface area contributed by atoms with Gasteiger partial charge >= 0.3 is 5.97 Å². The van der Waals surface area contributed by atoms with Gasteiger partial charge in [0, 0.05) is 20.0 Å². The lowest BCUT2D eigenvalue weighted by molar-refractivity contribution is -0.156. The summed E-state index contributed by atoms with van der Waals surface area (Å²) >= 11 is 0. The smallest absolute Gasteiger partial charge is 0.309 e. The number of carbonyl (C=O) groups excluding carboxylic acids is 1.